The summed E-state index contributed by atoms with van der Waals surface area (Å²) < 4.78 is 0. The predicted octanol–water partition coefficient (Wildman–Crippen LogP) is 3.62. The average Bonchev–Trinajstić information content (AvgIpc) is 2.88. The lowest BCUT2D eigenvalue weighted by molar-refractivity contribution is -0.134. The number of rotatable bonds is 4. The summed E-state index contributed by atoms with van der Waals surface area (Å²) in [5.41, 5.74) is 4.70. The minimum absolute atomic E-state index is 0.0253. The number of nitrogens with zero attached hydrogens (tertiary/aromatic N) is 1. The highest BCUT2D eigenvalue weighted by Crippen LogP contribution is 2.45. The van der Waals surface area contributed by atoms with Gasteiger partial charge in [-0.25, -0.2) is 0 Å². The van der Waals surface area contributed by atoms with Crippen LogP contribution in [0, 0.1) is 5.92 Å². The van der Waals surface area contributed by atoms with Crippen LogP contribution in [0.15, 0.2) is 48.5 Å². The highest BCUT2D eigenvalue weighted by atomic mass is 16.3. The van der Waals surface area contributed by atoms with Crippen molar-refractivity contribution in [1.82, 2.24) is 4.90 Å². The van der Waals surface area contributed by atoms with Crippen LogP contribution in [0.4, 0.5) is 0 Å². The first-order chi connectivity index (χ1) is 11.0. The first-order valence-electron chi connectivity index (χ1n) is 8.12. The van der Waals surface area contributed by atoms with Crippen molar-refractivity contribution in [2.45, 2.75) is 32.4 Å². The maximum atomic E-state index is 12.6. The van der Waals surface area contributed by atoms with E-state index in [0.29, 0.717) is 0 Å². The van der Waals surface area contributed by atoms with Crippen LogP contribution < -0.4 is 0 Å². The third-order valence-corrected chi connectivity index (χ3v) is 4.73. The Hall–Kier alpha value is -2.13. The molecule has 1 aliphatic rings. The van der Waals surface area contributed by atoms with Crippen LogP contribution in [0.5, 0.6) is 0 Å². The zero-order chi connectivity index (χ0) is 16.6. The first kappa shape index (κ1) is 15.8. The molecule has 1 atom stereocenters. The fourth-order valence-electron chi connectivity index (χ4n) is 3.25. The molecule has 0 saturated heterocycles. The Morgan fingerprint density at radius 2 is 1.52 bits per heavy atom. The Labute approximate surface area is 137 Å². The highest BCUT2D eigenvalue weighted by molar-refractivity contribution is 5.83. The van der Waals surface area contributed by atoms with Gasteiger partial charge >= 0.3 is 0 Å². The summed E-state index contributed by atoms with van der Waals surface area (Å²) in [6.45, 7) is 3.86. The molecule has 3 heteroatoms. The number of amides is 1. The largest absolute Gasteiger partial charge is 0.392 e. The molecule has 0 heterocycles. The molecule has 0 aliphatic heterocycles. The molecule has 2 aromatic rings. The number of aliphatic hydroxyl groups is 1. The summed E-state index contributed by atoms with van der Waals surface area (Å²) >= 11 is 0. The minimum atomic E-state index is -0.600. The molecule has 2 aromatic carbocycles. The summed E-state index contributed by atoms with van der Waals surface area (Å²) in [4.78, 5) is 14.4. The second kappa shape index (κ2) is 6.17. The van der Waals surface area contributed by atoms with Crippen LogP contribution in [0.3, 0.4) is 0 Å². The Bertz CT molecular complexity index is 678. The van der Waals surface area contributed by atoms with E-state index in [4.69, 9.17) is 0 Å². The van der Waals surface area contributed by atoms with Crippen LogP contribution in [0.25, 0.3) is 11.1 Å². The van der Waals surface area contributed by atoms with Crippen molar-refractivity contribution >= 4 is 5.91 Å². The van der Waals surface area contributed by atoms with Crippen molar-refractivity contribution < 1.29 is 9.90 Å². The molecule has 1 amide bonds. The van der Waals surface area contributed by atoms with Gasteiger partial charge in [-0.15, -0.1) is 0 Å². The summed E-state index contributed by atoms with van der Waals surface area (Å²) in [5.74, 6) is 0.0539. The molecule has 23 heavy (non-hydrogen) atoms. The quantitative estimate of drug-likeness (QED) is 0.937. The molecule has 0 saturated carbocycles. The lowest BCUT2D eigenvalue weighted by Gasteiger charge is -2.28. The zero-order valence-corrected chi connectivity index (χ0v) is 13.9. The van der Waals surface area contributed by atoms with E-state index < -0.39 is 6.10 Å². The Kier molecular flexibility index (Phi) is 4.22. The molecular weight excluding hydrogens is 286 g/mol. The van der Waals surface area contributed by atoms with E-state index in [1.165, 1.54) is 11.1 Å². The van der Waals surface area contributed by atoms with Gasteiger partial charge in [0.2, 0.25) is 5.91 Å². The molecule has 1 unspecified atom stereocenters. The van der Waals surface area contributed by atoms with Crippen LogP contribution in [-0.2, 0) is 4.79 Å². The lowest BCUT2D eigenvalue weighted by atomic mass is 10.0. The molecule has 120 valence electrons. The first-order valence-corrected chi connectivity index (χ1v) is 8.12. The number of benzene rings is 2. The van der Waals surface area contributed by atoms with Gasteiger partial charge in [0, 0.05) is 7.05 Å². The van der Waals surface area contributed by atoms with Gasteiger partial charge < -0.3 is 10.0 Å². The van der Waals surface area contributed by atoms with E-state index in [2.05, 4.69) is 24.3 Å². The van der Waals surface area contributed by atoms with Gasteiger partial charge in [-0.2, -0.15) is 0 Å². The van der Waals surface area contributed by atoms with Crippen molar-refractivity contribution in [3.63, 3.8) is 0 Å². The number of carbonyl (C=O) groups is 1. The maximum Gasteiger partial charge on any atom is 0.225 e. The van der Waals surface area contributed by atoms with Crippen LogP contribution in [0.2, 0.25) is 0 Å². The molecule has 0 bridgehead atoms. The average molecular weight is 309 g/mol. The smallest absolute Gasteiger partial charge is 0.225 e. The lowest BCUT2D eigenvalue weighted by Crippen LogP contribution is -2.34. The molecule has 3 nitrogen and oxygen atoms in total. The van der Waals surface area contributed by atoms with E-state index in [1.807, 2.05) is 45.2 Å². The molecule has 0 radical (unpaired) electrons. The zero-order valence-electron chi connectivity index (χ0n) is 13.9. The third kappa shape index (κ3) is 2.77. The third-order valence-electron chi connectivity index (χ3n) is 4.73. The van der Waals surface area contributed by atoms with Crippen molar-refractivity contribution in [3.8, 4) is 11.1 Å². The SMILES string of the molecule is CC(C)C(O)CC(=O)N(C)C1c2ccccc2-c2ccccc21. The van der Waals surface area contributed by atoms with Gasteiger partial charge in [0.1, 0.15) is 0 Å². The second-order valence-electron chi connectivity index (χ2n) is 6.60. The normalized spacial score (nSPS) is 14.5. The maximum absolute atomic E-state index is 12.6. The fraction of sp³-hybridized carbons (Fsp3) is 0.350. The number of aliphatic hydroxyl groups excluding tert-OH is 1. The van der Waals surface area contributed by atoms with Crippen LogP contribution >= 0.6 is 0 Å². The number of hydrogen-bond acceptors (Lipinski definition) is 2. The standard InChI is InChI=1S/C20H23NO2/c1-13(2)18(22)12-19(23)21(3)20-16-10-6-4-8-14(16)15-9-5-7-11-17(15)20/h4-11,13,18,20,22H,12H2,1-3H3. The molecule has 0 spiro atoms. The van der Waals surface area contributed by atoms with E-state index in [9.17, 15) is 9.90 Å². The summed E-state index contributed by atoms with van der Waals surface area (Å²) in [5, 5.41) is 10.0. The Morgan fingerprint density at radius 1 is 1.04 bits per heavy atom. The number of fused-ring (bicyclic) bond motifs is 3. The second-order valence-corrected chi connectivity index (χ2v) is 6.60. The predicted molar refractivity (Wildman–Crippen MR) is 92.0 cm³/mol. The van der Waals surface area contributed by atoms with Crippen molar-refractivity contribution in [3.05, 3.63) is 59.7 Å². The molecule has 3 rings (SSSR count). The Morgan fingerprint density at radius 3 is 2.00 bits per heavy atom. The van der Waals surface area contributed by atoms with E-state index >= 15 is 0 Å². The number of hydrogen-bond donors (Lipinski definition) is 1. The molecule has 0 fully saturated rings. The Balaban J connectivity index is 1.95. The van der Waals surface area contributed by atoms with Crippen molar-refractivity contribution in [2.24, 2.45) is 5.92 Å². The van der Waals surface area contributed by atoms with Gasteiger partial charge in [0.25, 0.3) is 0 Å². The summed E-state index contributed by atoms with van der Waals surface area (Å²) in [7, 11) is 1.83. The molecule has 1 aliphatic carbocycles. The molecular formula is C20H23NO2. The van der Waals surface area contributed by atoms with E-state index in [-0.39, 0.29) is 24.3 Å². The monoisotopic (exact) mass is 309 g/mol. The topological polar surface area (TPSA) is 40.5 Å². The van der Waals surface area contributed by atoms with Crippen molar-refractivity contribution in [2.75, 3.05) is 7.05 Å². The van der Waals surface area contributed by atoms with Gasteiger partial charge in [-0.3, -0.25) is 4.79 Å². The molecule has 0 aromatic heterocycles. The van der Waals surface area contributed by atoms with Gasteiger partial charge in [-0.05, 0) is 28.2 Å². The van der Waals surface area contributed by atoms with Gasteiger partial charge in [0.15, 0.2) is 0 Å². The van der Waals surface area contributed by atoms with E-state index in [0.717, 1.165) is 11.1 Å². The van der Waals surface area contributed by atoms with E-state index in [1.54, 1.807) is 4.90 Å². The van der Waals surface area contributed by atoms with Crippen LogP contribution in [-0.4, -0.2) is 29.1 Å². The highest BCUT2D eigenvalue weighted by Gasteiger charge is 2.33. The summed E-state index contributed by atoms with van der Waals surface area (Å²) in [6, 6.07) is 16.4. The fourth-order valence-corrected chi connectivity index (χ4v) is 3.25. The van der Waals surface area contributed by atoms with Crippen LogP contribution in [0.1, 0.15) is 37.4 Å². The van der Waals surface area contributed by atoms with Crippen molar-refractivity contribution in [1.29, 1.82) is 0 Å². The molecule has 1 N–H and O–H groups in total. The number of carbonyl (C=O) groups excluding carboxylic acids is 1. The minimum Gasteiger partial charge on any atom is -0.392 e. The van der Waals surface area contributed by atoms with Gasteiger partial charge in [0.05, 0.1) is 18.6 Å². The van der Waals surface area contributed by atoms with Gasteiger partial charge in [-0.1, -0.05) is 62.4 Å². The summed E-state index contributed by atoms with van der Waals surface area (Å²) in [6.07, 6.45) is -0.438.